The summed E-state index contributed by atoms with van der Waals surface area (Å²) in [5.74, 6) is 0.331. The van der Waals surface area contributed by atoms with Gasteiger partial charge in [-0.3, -0.25) is 9.47 Å². The molecule has 0 amide bonds. The van der Waals surface area contributed by atoms with Crippen molar-refractivity contribution in [3.05, 3.63) is 75.5 Å². The molecule has 0 bridgehead atoms. The van der Waals surface area contributed by atoms with Crippen LogP contribution in [0.2, 0.25) is 0 Å². The van der Waals surface area contributed by atoms with Crippen LogP contribution in [0.25, 0.3) is 0 Å². The number of alkyl halides is 6. The third kappa shape index (κ3) is 6.98. The first kappa shape index (κ1) is 30.4. The lowest BCUT2D eigenvalue weighted by molar-refractivity contribution is -0.389. The summed E-state index contributed by atoms with van der Waals surface area (Å²) in [6.07, 6.45) is -7.06. The van der Waals surface area contributed by atoms with Crippen LogP contribution in [-0.2, 0) is 25.4 Å². The van der Waals surface area contributed by atoms with E-state index in [1.165, 1.54) is 6.20 Å². The van der Waals surface area contributed by atoms with Gasteiger partial charge >= 0.3 is 24.2 Å². The van der Waals surface area contributed by atoms with Crippen molar-refractivity contribution < 1.29 is 40.7 Å². The fourth-order valence-corrected chi connectivity index (χ4v) is 5.44. The average molecular weight is 614 g/mol. The molecule has 0 N–H and O–H groups in total. The van der Waals surface area contributed by atoms with Crippen LogP contribution in [0.1, 0.15) is 36.5 Å². The molecule has 3 aromatic rings. The van der Waals surface area contributed by atoms with E-state index in [0.29, 0.717) is 38.2 Å². The van der Waals surface area contributed by atoms with E-state index >= 15 is 0 Å². The number of hydrogen-bond donors (Lipinski definition) is 0. The molecule has 1 saturated heterocycles. The lowest BCUT2D eigenvalue weighted by atomic mass is 10.0. The summed E-state index contributed by atoms with van der Waals surface area (Å²) in [6.45, 7) is 3.65. The minimum atomic E-state index is -4.88. The van der Waals surface area contributed by atoms with Crippen LogP contribution in [0, 0.1) is 10.1 Å². The molecule has 1 unspecified atom stereocenters. The predicted octanol–water partition coefficient (Wildman–Crippen LogP) is 6.16. The predicted molar refractivity (Wildman–Crippen MR) is 143 cm³/mol. The van der Waals surface area contributed by atoms with Crippen LogP contribution in [0.4, 0.5) is 37.8 Å². The van der Waals surface area contributed by atoms with Crippen LogP contribution in [-0.4, -0.2) is 57.8 Å². The summed E-state index contributed by atoms with van der Waals surface area (Å²) >= 11 is 0. The second-order valence-corrected chi connectivity index (χ2v) is 11.1. The monoisotopic (exact) mass is 613 g/mol. The van der Waals surface area contributed by atoms with Gasteiger partial charge in [0.1, 0.15) is 18.6 Å². The van der Waals surface area contributed by atoms with E-state index < -0.39 is 34.0 Å². The Bertz CT molecular complexity index is 1410. The highest BCUT2D eigenvalue weighted by Gasteiger charge is 2.41. The van der Waals surface area contributed by atoms with Gasteiger partial charge in [0.2, 0.25) is 0 Å². The standard InChI is InChI=1S/C28H29F6N5O4/c1-26(16-38-15-24(39(40)41)35-25(38)43-26)17-42-23-5-3-22(4-6-23)37-9-7-21(8-10-37)36(2)14-18-11-19(27(29,30)31)13-20(12-18)28(32,33)34/h3-6,11-13,15,21H,7-10,14,16-17H2,1-2H3. The summed E-state index contributed by atoms with van der Waals surface area (Å²) in [5, 5.41) is 10.9. The molecule has 9 nitrogen and oxygen atoms in total. The maximum atomic E-state index is 13.2. The Morgan fingerprint density at radius 1 is 1.07 bits per heavy atom. The van der Waals surface area contributed by atoms with Gasteiger partial charge in [-0.15, -0.1) is 0 Å². The summed E-state index contributed by atoms with van der Waals surface area (Å²) in [6, 6.07) is 9.33. The first-order valence-corrected chi connectivity index (χ1v) is 13.5. The molecule has 2 aliphatic heterocycles. The Morgan fingerprint density at radius 2 is 1.67 bits per heavy atom. The quantitative estimate of drug-likeness (QED) is 0.171. The molecule has 43 heavy (non-hydrogen) atoms. The molecular weight excluding hydrogens is 584 g/mol. The first-order chi connectivity index (χ1) is 20.1. The molecule has 1 atom stereocenters. The zero-order valence-corrected chi connectivity index (χ0v) is 23.3. The van der Waals surface area contributed by atoms with Crippen LogP contribution in [0.3, 0.4) is 0 Å². The van der Waals surface area contributed by atoms with E-state index in [9.17, 15) is 36.5 Å². The molecule has 1 aromatic heterocycles. The number of nitrogens with zero attached hydrogens (tertiary/aromatic N) is 5. The number of piperidine rings is 1. The molecule has 2 aliphatic rings. The molecule has 0 radical (unpaired) electrons. The Hall–Kier alpha value is -4.01. The van der Waals surface area contributed by atoms with Crippen LogP contribution < -0.4 is 14.4 Å². The Kier molecular flexibility index (Phi) is 7.96. The highest BCUT2D eigenvalue weighted by Crippen LogP contribution is 2.37. The van der Waals surface area contributed by atoms with E-state index in [2.05, 4.69) is 9.88 Å². The molecule has 15 heteroatoms. The second kappa shape index (κ2) is 11.2. The number of rotatable bonds is 8. The third-order valence-corrected chi connectivity index (χ3v) is 7.67. The van der Waals surface area contributed by atoms with E-state index in [1.54, 1.807) is 16.5 Å². The summed E-state index contributed by atoms with van der Waals surface area (Å²) in [4.78, 5) is 18.1. The molecule has 1 fully saturated rings. The van der Waals surface area contributed by atoms with Crippen molar-refractivity contribution in [3.63, 3.8) is 0 Å². The Labute approximate surface area is 242 Å². The Balaban J connectivity index is 1.13. The number of fused-ring (bicyclic) bond motifs is 1. The van der Waals surface area contributed by atoms with E-state index in [4.69, 9.17) is 9.47 Å². The largest absolute Gasteiger partial charge is 0.489 e. The smallest absolute Gasteiger partial charge is 0.416 e. The second-order valence-electron chi connectivity index (χ2n) is 11.1. The van der Waals surface area contributed by atoms with Crippen LogP contribution in [0.15, 0.2) is 48.7 Å². The fourth-order valence-electron chi connectivity index (χ4n) is 5.44. The van der Waals surface area contributed by atoms with Gasteiger partial charge < -0.3 is 24.5 Å². The minimum Gasteiger partial charge on any atom is -0.489 e. The minimum absolute atomic E-state index is 0.00833. The van der Waals surface area contributed by atoms with Gasteiger partial charge in [0.05, 0.1) is 17.7 Å². The van der Waals surface area contributed by atoms with Crippen molar-refractivity contribution in [2.24, 2.45) is 0 Å². The van der Waals surface area contributed by atoms with Crippen molar-refractivity contribution in [1.29, 1.82) is 0 Å². The lowest BCUT2D eigenvalue weighted by Crippen LogP contribution is -2.43. The number of halogens is 6. The van der Waals surface area contributed by atoms with Gasteiger partial charge in [-0.2, -0.15) is 26.3 Å². The normalized spacial score (nSPS) is 19.4. The van der Waals surface area contributed by atoms with Gasteiger partial charge in [0.25, 0.3) is 0 Å². The highest BCUT2D eigenvalue weighted by atomic mass is 19.4. The van der Waals surface area contributed by atoms with Gasteiger partial charge in [-0.25, -0.2) is 0 Å². The molecule has 5 rings (SSSR count). The molecule has 3 heterocycles. The molecule has 2 aromatic carbocycles. The fraction of sp³-hybridized carbons (Fsp3) is 0.464. The van der Waals surface area contributed by atoms with E-state index in [1.807, 2.05) is 31.2 Å². The first-order valence-electron chi connectivity index (χ1n) is 13.5. The number of ether oxygens (including phenoxy) is 2. The van der Waals surface area contributed by atoms with Crippen molar-refractivity contribution >= 4 is 11.5 Å². The van der Waals surface area contributed by atoms with Crippen molar-refractivity contribution in [1.82, 2.24) is 14.5 Å². The average Bonchev–Trinajstić information content (AvgIpc) is 3.47. The number of imidazole rings is 1. The van der Waals surface area contributed by atoms with Gasteiger partial charge in [0.15, 0.2) is 5.60 Å². The molecular formula is C28H29F6N5O4. The SMILES string of the molecule is CN(Cc1cc(C(F)(F)F)cc(C(F)(F)F)c1)C1CCN(c2ccc(OCC3(C)Cn4cc([N+](=O)[O-])nc4O3)cc2)CC1. The summed E-state index contributed by atoms with van der Waals surface area (Å²) in [5.41, 5.74) is -2.44. The zero-order chi connectivity index (χ0) is 31.2. The Morgan fingerprint density at radius 3 is 2.21 bits per heavy atom. The summed E-state index contributed by atoms with van der Waals surface area (Å²) in [7, 11) is 1.71. The van der Waals surface area contributed by atoms with Crippen molar-refractivity contribution in [2.45, 2.75) is 56.9 Å². The van der Waals surface area contributed by atoms with Gasteiger partial charge in [-0.05, 0) is 79.8 Å². The van der Waals surface area contributed by atoms with Gasteiger partial charge in [-0.1, -0.05) is 0 Å². The van der Waals surface area contributed by atoms with Crippen molar-refractivity contribution in [2.75, 3.05) is 31.6 Å². The van der Waals surface area contributed by atoms with Gasteiger partial charge in [0, 0.05) is 36.3 Å². The highest BCUT2D eigenvalue weighted by molar-refractivity contribution is 5.49. The number of aromatic nitrogens is 2. The van der Waals surface area contributed by atoms with E-state index in [0.717, 1.165) is 17.8 Å². The molecule has 0 saturated carbocycles. The number of anilines is 1. The molecule has 232 valence electrons. The lowest BCUT2D eigenvalue weighted by Gasteiger charge is -2.38. The molecule has 0 spiro atoms. The number of hydrogen-bond acceptors (Lipinski definition) is 7. The number of nitro groups is 1. The molecule has 0 aliphatic carbocycles. The maximum Gasteiger partial charge on any atom is 0.416 e. The zero-order valence-electron chi connectivity index (χ0n) is 23.3. The van der Waals surface area contributed by atoms with E-state index in [-0.39, 0.29) is 42.7 Å². The third-order valence-electron chi connectivity index (χ3n) is 7.67. The van der Waals surface area contributed by atoms with Crippen LogP contribution in [0.5, 0.6) is 11.8 Å². The number of benzene rings is 2. The maximum absolute atomic E-state index is 13.2. The summed E-state index contributed by atoms with van der Waals surface area (Å²) < 4.78 is 92.7. The van der Waals surface area contributed by atoms with Crippen molar-refractivity contribution in [3.8, 4) is 11.8 Å². The van der Waals surface area contributed by atoms with Crippen LogP contribution >= 0.6 is 0 Å². The topological polar surface area (TPSA) is 85.9 Å².